The van der Waals surface area contributed by atoms with Crippen LogP contribution in [-0.4, -0.2) is 74.8 Å². The zero-order valence-corrected chi connectivity index (χ0v) is 15.2. The number of amides is 1. The van der Waals surface area contributed by atoms with Crippen LogP contribution in [0.25, 0.3) is 0 Å². The first kappa shape index (κ1) is 20.3. The van der Waals surface area contributed by atoms with Gasteiger partial charge in [-0.05, 0) is 12.1 Å². The summed E-state index contributed by atoms with van der Waals surface area (Å²) in [5.74, 6) is 0.0125. The zero-order chi connectivity index (χ0) is 20.3. The summed E-state index contributed by atoms with van der Waals surface area (Å²) in [6.07, 6.45) is -4.64. The molecule has 2 aliphatic heterocycles. The molecule has 1 aromatic carbocycles. The van der Waals surface area contributed by atoms with E-state index in [9.17, 15) is 28.1 Å². The van der Waals surface area contributed by atoms with E-state index in [4.69, 9.17) is 4.74 Å². The van der Waals surface area contributed by atoms with Gasteiger partial charge in [-0.1, -0.05) is 0 Å². The summed E-state index contributed by atoms with van der Waals surface area (Å²) < 4.78 is 43.8. The number of alkyl halides is 3. The van der Waals surface area contributed by atoms with Crippen LogP contribution in [0.1, 0.15) is 5.56 Å². The molecule has 0 unspecified atom stereocenters. The van der Waals surface area contributed by atoms with Crippen LogP contribution in [0.15, 0.2) is 18.2 Å². The molecule has 28 heavy (non-hydrogen) atoms. The van der Waals surface area contributed by atoms with E-state index in [0.29, 0.717) is 52.0 Å². The van der Waals surface area contributed by atoms with E-state index < -0.39 is 22.4 Å². The van der Waals surface area contributed by atoms with Gasteiger partial charge in [0, 0.05) is 32.2 Å². The minimum atomic E-state index is -4.64. The molecule has 1 aromatic rings. The number of hydrogen-bond acceptors (Lipinski definition) is 5. The third kappa shape index (κ3) is 4.71. The number of halogens is 3. The van der Waals surface area contributed by atoms with Crippen molar-refractivity contribution in [1.29, 1.82) is 0 Å². The van der Waals surface area contributed by atoms with Gasteiger partial charge in [0.1, 0.15) is 18.8 Å². The molecule has 2 saturated heterocycles. The Kier molecular flexibility index (Phi) is 6.04. The van der Waals surface area contributed by atoms with Gasteiger partial charge in [-0.15, -0.1) is 0 Å². The largest absolute Gasteiger partial charge is 0.416 e. The van der Waals surface area contributed by atoms with Crippen molar-refractivity contribution in [2.45, 2.75) is 6.18 Å². The highest BCUT2D eigenvalue weighted by Crippen LogP contribution is 2.36. The molecule has 1 amide bonds. The second-order valence-electron chi connectivity index (χ2n) is 6.87. The van der Waals surface area contributed by atoms with E-state index in [-0.39, 0.29) is 11.6 Å². The molecule has 2 aliphatic rings. The normalized spacial score (nSPS) is 19.0. The molecular weight excluding hydrogens is 381 g/mol. The number of quaternary nitrogens is 1. The van der Waals surface area contributed by atoms with Gasteiger partial charge in [0.15, 0.2) is 6.54 Å². The molecule has 154 valence electrons. The Morgan fingerprint density at radius 2 is 1.82 bits per heavy atom. The molecule has 0 spiro atoms. The van der Waals surface area contributed by atoms with Gasteiger partial charge in [-0.3, -0.25) is 14.9 Å². The lowest BCUT2D eigenvalue weighted by Gasteiger charge is -2.36. The van der Waals surface area contributed by atoms with Crippen LogP contribution in [-0.2, 0) is 15.7 Å². The molecule has 0 bridgehead atoms. The number of nitrogens with one attached hydrogen (secondary N) is 1. The van der Waals surface area contributed by atoms with Crippen molar-refractivity contribution in [2.24, 2.45) is 0 Å². The Labute approximate surface area is 159 Å². The molecule has 0 radical (unpaired) electrons. The van der Waals surface area contributed by atoms with Crippen LogP contribution < -0.4 is 9.80 Å². The van der Waals surface area contributed by atoms with E-state index in [1.165, 1.54) is 0 Å². The Morgan fingerprint density at radius 1 is 1.18 bits per heavy atom. The van der Waals surface area contributed by atoms with E-state index in [1.54, 1.807) is 9.80 Å². The fraction of sp³-hybridized carbons (Fsp3) is 0.588. The Hall–Kier alpha value is -2.40. The predicted octanol–water partition coefficient (Wildman–Crippen LogP) is 0.177. The van der Waals surface area contributed by atoms with Crippen molar-refractivity contribution >= 4 is 17.3 Å². The number of benzene rings is 1. The number of ether oxygens (including phenoxy) is 1. The maximum Gasteiger partial charge on any atom is 0.416 e. The highest BCUT2D eigenvalue weighted by molar-refractivity contribution is 5.77. The van der Waals surface area contributed by atoms with Gasteiger partial charge in [0.25, 0.3) is 11.6 Å². The van der Waals surface area contributed by atoms with Crippen LogP contribution in [0.4, 0.5) is 24.5 Å². The monoisotopic (exact) mass is 403 g/mol. The van der Waals surface area contributed by atoms with Crippen molar-refractivity contribution in [3.8, 4) is 0 Å². The first-order valence-electron chi connectivity index (χ1n) is 9.05. The van der Waals surface area contributed by atoms with Crippen molar-refractivity contribution in [3.63, 3.8) is 0 Å². The Balaban J connectivity index is 1.64. The molecule has 3 rings (SSSR count). The number of morpholine rings is 1. The van der Waals surface area contributed by atoms with Crippen LogP contribution in [0, 0.1) is 10.1 Å². The Bertz CT molecular complexity index is 730. The number of hydrogen-bond donors (Lipinski definition) is 1. The summed E-state index contributed by atoms with van der Waals surface area (Å²) in [6.45, 7) is 4.62. The molecule has 11 heteroatoms. The lowest BCUT2D eigenvalue weighted by Crippen LogP contribution is -3.15. The van der Waals surface area contributed by atoms with Gasteiger partial charge >= 0.3 is 6.18 Å². The number of anilines is 1. The molecule has 0 atom stereocenters. The van der Waals surface area contributed by atoms with Gasteiger partial charge in [0.05, 0.1) is 23.7 Å². The molecule has 0 aliphatic carbocycles. The van der Waals surface area contributed by atoms with Gasteiger partial charge < -0.3 is 19.4 Å². The molecule has 0 aromatic heterocycles. The third-order valence-electron chi connectivity index (χ3n) is 5.07. The Morgan fingerprint density at radius 3 is 2.39 bits per heavy atom. The minimum Gasteiger partial charge on any atom is -0.370 e. The van der Waals surface area contributed by atoms with Crippen molar-refractivity contribution in [1.82, 2.24) is 4.90 Å². The quantitative estimate of drug-likeness (QED) is 0.573. The topological polar surface area (TPSA) is 80.4 Å². The SMILES string of the molecule is O=C(C[NH+]1CCOCC1)N1CCN(c2ccc(C(F)(F)F)cc2[N+](=O)[O-])CC1. The fourth-order valence-electron chi connectivity index (χ4n) is 3.47. The summed E-state index contributed by atoms with van der Waals surface area (Å²) in [6, 6.07) is 2.55. The van der Waals surface area contributed by atoms with Gasteiger partial charge in [-0.2, -0.15) is 13.2 Å². The second-order valence-corrected chi connectivity index (χ2v) is 6.87. The minimum absolute atomic E-state index is 0.0125. The molecular formula is C17H22F3N4O4+. The lowest BCUT2D eigenvalue weighted by molar-refractivity contribution is -0.900. The fourth-order valence-corrected chi connectivity index (χ4v) is 3.47. The summed E-state index contributed by atoms with van der Waals surface area (Å²) in [5, 5.41) is 11.3. The molecule has 1 N–H and O–H groups in total. The summed E-state index contributed by atoms with van der Waals surface area (Å²) in [5.41, 5.74) is -1.48. The average molecular weight is 403 g/mol. The van der Waals surface area contributed by atoms with Crippen LogP contribution in [0.3, 0.4) is 0 Å². The van der Waals surface area contributed by atoms with E-state index in [2.05, 4.69) is 0 Å². The molecule has 0 saturated carbocycles. The summed E-state index contributed by atoms with van der Waals surface area (Å²) in [4.78, 5) is 27.4. The van der Waals surface area contributed by atoms with E-state index in [0.717, 1.165) is 30.1 Å². The summed E-state index contributed by atoms with van der Waals surface area (Å²) >= 11 is 0. The third-order valence-corrected chi connectivity index (χ3v) is 5.07. The first-order valence-corrected chi connectivity index (χ1v) is 9.05. The van der Waals surface area contributed by atoms with Gasteiger partial charge in [0.2, 0.25) is 0 Å². The van der Waals surface area contributed by atoms with Gasteiger partial charge in [-0.25, -0.2) is 0 Å². The van der Waals surface area contributed by atoms with Crippen LogP contribution in [0.5, 0.6) is 0 Å². The van der Waals surface area contributed by atoms with E-state index >= 15 is 0 Å². The lowest BCUT2D eigenvalue weighted by atomic mass is 10.1. The zero-order valence-electron chi connectivity index (χ0n) is 15.2. The molecule has 2 heterocycles. The smallest absolute Gasteiger partial charge is 0.370 e. The summed E-state index contributed by atoms with van der Waals surface area (Å²) in [7, 11) is 0. The van der Waals surface area contributed by atoms with Crippen molar-refractivity contribution in [3.05, 3.63) is 33.9 Å². The molecule has 2 fully saturated rings. The van der Waals surface area contributed by atoms with Crippen molar-refractivity contribution in [2.75, 3.05) is 63.9 Å². The maximum absolute atomic E-state index is 12.8. The highest BCUT2D eigenvalue weighted by Gasteiger charge is 2.34. The maximum atomic E-state index is 12.8. The van der Waals surface area contributed by atoms with Crippen LogP contribution >= 0.6 is 0 Å². The highest BCUT2D eigenvalue weighted by atomic mass is 19.4. The number of piperazine rings is 1. The standard InChI is InChI=1S/C17H21F3N4O4/c18-17(19,20)13-1-2-14(15(11-13)24(26)27)22-3-5-23(6-4-22)16(25)12-21-7-9-28-10-8-21/h1-2,11H,3-10,12H2/p+1. The first-order chi connectivity index (χ1) is 13.3. The van der Waals surface area contributed by atoms with E-state index in [1.807, 2.05) is 0 Å². The molecule has 8 nitrogen and oxygen atoms in total. The number of carbonyl (C=O) groups is 1. The average Bonchev–Trinajstić information content (AvgIpc) is 2.67. The van der Waals surface area contributed by atoms with Crippen LogP contribution in [0.2, 0.25) is 0 Å². The number of nitro groups is 1. The number of carbonyl (C=O) groups excluding carboxylic acids is 1. The predicted molar refractivity (Wildman–Crippen MR) is 93.3 cm³/mol. The number of nitrogens with zero attached hydrogens (tertiary/aromatic N) is 3. The van der Waals surface area contributed by atoms with Crippen molar-refractivity contribution < 1.29 is 32.5 Å². The number of nitro benzene ring substituents is 1. The second kappa shape index (κ2) is 8.31. The number of rotatable bonds is 4.